The summed E-state index contributed by atoms with van der Waals surface area (Å²) in [6.45, 7) is 2.10. The number of halogens is 1. The van der Waals surface area contributed by atoms with Crippen LogP contribution in [0.25, 0.3) is 11.0 Å². The largest absolute Gasteiger partial charge is 0.354 e. The normalized spacial score (nSPS) is 11.7. The van der Waals surface area contributed by atoms with Gasteiger partial charge < -0.3 is 14.8 Å². The first-order chi connectivity index (χ1) is 12.2. The third kappa shape index (κ3) is 4.15. The van der Waals surface area contributed by atoms with E-state index < -0.39 is 0 Å². The maximum absolute atomic E-state index is 13.3. The van der Waals surface area contributed by atoms with Crippen molar-refractivity contribution in [2.24, 2.45) is 4.99 Å². The van der Waals surface area contributed by atoms with E-state index in [1.165, 1.54) is 6.07 Å². The summed E-state index contributed by atoms with van der Waals surface area (Å²) in [6, 6.07) is 14.7. The molecule has 3 rings (SSSR count). The van der Waals surface area contributed by atoms with Gasteiger partial charge in [0.2, 0.25) is 0 Å². The number of guanidine groups is 1. The molecule has 0 unspecified atom stereocenters. The molecule has 0 saturated heterocycles. The highest BCUT2D eigenvalue weighted by Crippen LogP contribution is 2.11. The van der Waals surface area contributed by atoms with Gasteiger partial charge in [-0.1, -0.05) is 24.3 Å². The maximum atomic E-state index is 13.3. The molecule has 1 heterocycles. The predicted molar refractivity (Wildman–Crippen MR) is 99.0 cm³/mol. The van der Waals surface area contributed by atoms with E-state index in [9.17, 15) is 4.39 Å². The van der Waals surface area contributed by atoms with E-state index in [-0.39, 0.29) is 5.82 Å². The number of nitrogens with zero attached hydrogens (tertiary/aromatic N) is 4. The number of benzene rings is 2. The first-order valence-electron chi connectivity index (χ1n) is 8.23. The molecule has 0 radical (unpaired) electrons. The zero-order chi connectivity index (χ0) is 17.6. The molecule has 130 valence electrons. The van der Waals surface area contributed by atoms with E-state index in [1.807, 2.05) is 42.5 Å². The quantitative estimate of drug-likeness (QED) is 0.574. The Morgan fingerprint density at radius 1 is 1.24 bits per heavy atom. The molecule has 0 amide bonds. The smallest absolute Gasteiger partial charge is 0.193 e. The number of aliphatic imine (C=N–C) groups is 1. The van der Waals surface area contributed by atoms with Crippen molar-refractivity contribution in [2.45, 2.75) is 13.1 Å². The Labute approximate surface area is 146 Å². The Balaban J connectivity index is 1.57. The van der Waals surface area contributed by atoms with E-state index in [4.69, 9.17) is 0 Å². The number of para-hydroxylation sites is 2. The Bertz CT molecular complexity index is 871. The number of imidazole rings is 1. The van der Waals surface area contributed by atoms with Gasteiger partial charge in [0.05, 0.1) is 17.4 Å². The van der Waals surface area contributed by atoms with Crippen molar-refractivity contribution in [3.05, 3.63) is 66.2 Å². The number of nitrogens with one attached hydrogen (secondary N) is 1. The average Bonchev–Trinajstić information content (AvgIpc) is 3.02. The van der Waals surface area contributed by atoms with E-state index in [0.717, 1.165) is 35.6 Å². The van der Waals surface area contributed by atoms with Crippen LogP contribution in [0, 0.1) is 5.82 Å². The summed E-state index contributed by atoms with van der Waals surface area (Å²) in [5, 5.41) is 3.34. The van der Waals surface area contributed by atoms with Crippen molar-refractivity contribution < 1.29 is 4.39 Å². The minimum atomic E-state index is -0.221. The molecule has 1 N–H and O–H groups in total. The van der Waals surface area contributed by atoms with Gasteiger partial charge in [-0.2, -0.15) is 0 Å². The molecular formula is C19H22FN5. The lowest BCUT2D eigenvalue weighted by Gasteiger charge is -2.22. The third-order valence-corrected chi connectivity index (χ3v) is 4.05. The van der Waals surface area contributed by atoms with E-state index in [1.54, 1.807) is 19.2 Å². The number of rotatable bonds is 5. The summed E-state index contributed by atoms with van der Waals surface area (Å²) in [4.78, 5) is 10.7. The Morgan fingerprint density at radius 2 is 2.08 bits per heavy atom. The zero-order valence-corrected chi connectivity index (χ0v) is 14.5. The van der Waals surface area contributed by atoms with Crippen LogP contribution in [0.2, 0.25) is 0 Å². The first-order valence-corrected chi connectivity index (χ1v) is 8.23. The SMILES string of the molecule is CN=C(NCCn1cnc2ccccc21)N(C)Cc1cccc(F)c1. The lowest BCUT2D eigenvalue weighted by Crippen LogP contribution is -2.39. The topological polar surface area (TPSA) is 45.5 Å². The zero-order valence-electron chi connectivity index (χ0n) is 14.5. The lowest BCUT2D eigenvalue weighted by atomic mass is 10.2. The fraction of sp³-hybridized carbons (Fsp3) is 0.263. The second-order valence-electron chi connectivity index (χ2n) is 5.89. The van der Waals surface area contributed by atoms with Crippen LogP contribution in [0.1, 0.15) is 5.56 Å². The van der Waals surface area contributed by atoms with Gasteiger partial charge in [-0.05, 0) is 29.8 Å². The lowest BCUT2D eigenvalue weighted by molar-refractivity contribution is 0.472. The number of fused-ring (bicyclic) bond motifs is 1. The van der Waals surface area contributed by atoms with Gasteiger partial charge in [0, 0.05) is 33.7 Å². The Kier molecular flexibility index (Phi) is 5.28. The molecule has 3 aromatic rings. The third-order valence-electron chi connectivity index (χ3n) is 4.05. The second kappa shape index (κ2) is 7.79. The fourth-order valence-electron chi connectivity index (χ4n) is 2.85. The molecule has 0 spiro atoms. The summed E-state index contributed by atoms with van der Waals surface area (Å²) in [5.41, 5.74) is 3.02. The molecule has 0 bridgehead atoms. The van der Waals surface area contributed by atoms with Gasteiger partial charge in [0.15, 0.2) is 5.96 Å². The van der Waals surface area contributed by atoms with E-state index >= 15 is 0 Å². The van der Waals surface area contributed by atoms with Crippen LogP contribution in [0.5, 0.6) is 0 Å². The van der Waals surface area contributed by atoms with Crippen LogP contribution in [-0.2, 0) is 13.1 Å². The summed E-state index contributed by atoms with van der Waals surface area (Å²) >= 11 is 0. The maximum Gasteiger partial charge on any atom is 0.193 e. The Morgan fingerprint density at radius 3 is 2.88 bits per heavy atom. The summed E-state index contributed by atoms with van der Waals surface area (Å²) in [5.74, 6) is 0.550. The van der Waals surface area contributed by atoms with Crippen LogP contribution in [0.4, 0.5) is 4.39 Å². The number of hydrogen-bond acceptors (Lipinski definition) is 2. The van der Waals surface area contributed by atoms with Crippen molar-refractivity contribution >= 4 is 17.0 Å². The molecule has 0 aliphatic carbocycles. The molecule has 1 aromatic heterocycles. The molecular weight excluding hydrogens is 317 g/mol. The van der Waals surface area contributed by atoms with Crippen molar-refractivity contribution in [1.29, 1.82) is 0 Å². The van der Waals surface area contributed by atoms with E-state index in [0.29, 0.717) is 6.54 Å². The molecule has 0 saturated carbocycles. The molecule has 0 atom stereocenters. The molecule has 5 nitrogen and oxygen atoms in total. The van der Waals surface area contributed by atoms with Crippen molar-refractivity contribution in [3.8, 4) is 0 Å². The van der Waals surface area contributed by atoms with Gasteiger partial charge in [0.25, 0.3) is 0 Å². The standard InChI is InChI=1S/C19H22FN5/c1-21-19(24(2)13-15-6-5-7-16(20)12-15)22-10-11-25-14-23-17-8-3-4-9-18(17)25/h3-9,12,14H,10-11,13H2,1-2H3,(H,21,22). The minimum Gasteiger partial charge on any atom is -0.354 e. The molecule has 25 heavy (non-hydrogen) atoms. The fourth-order valence-corrected chi connectivity index (χ4v) is 2.85. The van der Waals surface area contributed by atoms with Gasteiger partial charge in [-0.15, -0.1) is 0 Å². The van der Waals surface area contributed by atoms with Gasteiger partial charge in [0.1, 0.15) is 5.82 Å². The van der Waals surface area contributed by atoms with Crippen molar-refractivity contribution in [1.82, 2.24) is 19.8 Å². The van der Waals surface area contributed by atoms with Crippen LogP contribution in [-0.4, -0.2) is 41.1 Å². The first kappa shape index (κ1) is 17.0. The predicted octanol–water partition coefficient (Wildman–Crippen LogP) is 2.88. The van der Waals surface area contributed by atoms with E-state index in [2.05, 4.69) is 25.9 Å². The minimum absolute atomic E-state index is 0.221. The monoisotopic (exact) mass is 339 g/mol. The van der Waals surface area contributed by atoms with Crippen LogP contribution >= 0.6 is 0 Å². The Hall–Kier alpha value is -2.89. The highest BCUT2D eigenvalue weighted by atomic mass is 19.1. The second-order valence-corrected chi connectivity index (χ2v) is 5.89. The summed E-state index contributed by atoms with van der Waals surface area (Å²) < 4.78 is 15.4. The highest BCUT2D eigenvalue weighted by Gasteiger charge is 2.07. The number of aromatic nitrogens is 2. The van der Waals surface area contributed by atoms with Crippen LogP contribution < -0.4 is 5.32 Å². The van der Waals surface area contributed by atoms with Gasteiger partial charge >= 0.3 is 0 Å². The van der Waals surface area contributed by atoms with Gasteiger partial charge in [-0.25, -0.2) is 9.37 Å². The number of hydrogen-bond donors (Lipinski definition) is 1. The van der Waals surface area contributed by atoms with Crippen molar-refractivity contribution in [3.63, 3.8) is 0 Å². The molecule has 6 heteroatoms. The molecule has 2 aromatic carbocycles. The van der Waals surface area contributed by atoms with Crippen molar-refractivity contribution in [2.75, 3.05) is 20.6 Å². The highest BCUT2D eigenvalue weighted by molar-refractivity contribution is 5.79. The van der Waals surface area contributed by atoms with Crippen LogP contribution in [0.3, 0.4) is 0 Å². The van der Waals surface area contributed by atoms with Crippen LogP contribution in [0.15, 0.2) is 59.9 Å². The molecule has 0 fully saturated rings. The summed E-state index contributed by atoms with van der Waals surface area (Å²) in [7, 11) is 3.68. The molecule has 0 aliphatic rings. The average molecular weight is 339 g/mol. The molecule has 0 aliphatic heterocycles. The van der Waals surface area contributed by atoms with Gasteiger partial charge in [-0.3, -0.25) is 4.99 Å². The summed E-state index contributed by atoms with van der Waals surface area (Å²) in [6.07, 6.45) is 1.85.